The molecule has 0 radical (unpaired) electrons. The van der Waals surface area contributed by atoms with Crippen LogP contribution < -0.4 is 10.6 Å². The van der Waals surface area contributed by atoms with Crippen molar-refractivity contribution in [3.05, 3.63) is 28.0 Å². The molecule has 0 spiro atoms. The highest BCUT2D eigenvalue weighted by atomic mass is 35.5. The number of nitrogens with one attached hydrogen (secondary N) is 2. The lowest BCUT2D eigenvalue weighted by Gasteiger charge is -2.27. The molecule has 1 amide bonds. The second-order valence-electron chi connectivity index (χ2n) is 7.40. The fourth-order valence-electron chi connectivity index (χ4n) is 2.85. The van der Waals surface area contributed by atoms with Gasteiger partial charge in [-0.15, -0.1) is 0 Å². The highest BCUT2D eigenvalue weighted by molar-refractivity contribution is 6.42. The number of carbonyl (C=O) groups excluding carboxylic acids is 1. The van der Waals surface area contributed by atoms with Crippen LogP contribution in [0, 0.1) is 5.92 Å². The number of imidazole rings is 1. The van der Waals surface area contributed by atoms with Crippen LogP contribution in [0.25, 0.3) is 11.0 Å². The Labute approximate surface area is 151 Å². The fourth-order valence-corrected chi connectivity index (χ4v) is 3.17. The summed E-state index contributed by atoms with van der Waals surface area (Å²) in [6.07, 6.45) is 0.833. The number of amides is 1. The maximum absolute atomic E-state index is 12.4. The summed E-state index contributed by atoms with van der Waals surface area (Å²) in [5.74, 6) is 1.41. The van der Waals surface area contributed by atoms with Crippen LogP contribution in [0.5, 0.6) is 0 Å². The van der Waals surface area contributed by atoms with Crippen molar-refractivity contribution >= 4 is 40.1 Å². The Bertz CT molecular complexity index is 775. The summed E-state index contributed by atoms with van der Waals surface area (Å²) in [6.45, 7) is 8.09. The molecule has 130 valence electrons. The van der Waals surface area contributed by atoms with Gasteiger partial charge in [0.05, 0.1) is 21.1 Å². The van der Waals surface area contributed by atoms with Crippen molar-refractivity contribution in [2.45, 2.75) is 39.3 Å². The number of aromatic nitrogens is 2. The highest BCUT2D eigenvalue weighted by Crippen LogP contribution is 2.29. The molecule has 2 aromatic rings. The predicted octanol–water partition coefficient (Wildman–Crippen LogP) is 3.02. The van der Waals surface area contributed by atoms with E-state index in [1.165, 1.54) is 0 Å². The lowest BCUT2D eigenvalue weighted by Crippen LogP contribution is -2.44. The maximum atomic E-state index is 12.4. The molecule has 0 unspecified atom stereocenters. The molecule has 1 aromatic heterocycles. The van der Waals surface area contributed by atoms with E-state index < -0.39 is 0 Å². The molecule has 1 aromatic carbocycles. The maximum Gasteiger partial charge on any atom is 0.240 e. The van der Waals surface area contributed by atoms with Gasteiger partial charge in [-0.3, -0.25) is 4.79 Å². The van der Waals surface area contributed by atoms with Crippen LogP contribution >= 0.6 is 23.2 Å². The van der Waals surface area contributed by atoms with Gasteiger partial charge in [0.25, 0.3) is 0 Å². The number of rotatable bonds is 4. The van der Waals surface area contributed by atoms with Gasteiger partial charge in [-0.1, -0.05) is 23.2 Å². The molecule has 1 saturated heterocycles. The van der Waals surface area contributed by atoms with Crippen molar-refractivity contribution in [1.82, 2.24) is 20.2 Å². The van der Waals surface area contributed by atoms with Gasteiger partial charge in [-0.05, 0) is 51.9 Å². The Morgan fingerprint density at radius 2 is 2.00 bits per heavy atom. The topological polar surface area (TPSA) is 59.0 Å². The van der Waals surface area contributed by atoms with Crippen LogP contribution in [-0.2, 0) is 17.8 Å². The lowest BCUT2D eigenvalue weighted by atomic mass is 9.99. The third-order valence-electron chi connectivity index (χ3n) is 4.02. The molecular formula is C17H22Cl2N4O. The Hall–Kier alpha value is -1.30. The van der Waals surface area contributed by atoms with E-state index in [-0.39, 0.29) is 18.0 Å². The van der Waals surface area contributed by atoms with Crippen molar-refractivity contribution in [3.63, 3.8) is 0 Å². The molecule has 3 rings (SSSR count). The minimum Gasteiger partial charge on any atom is -0.350 e. The van der Waals surface area contributed by atoms with Crippen LogP contribution in [0.2, 0.25) is 10.0 Å². The summed E-state index contributed by atoms with van der Waals surface area (Å²) in [5, 5.41) is 7.21. The first-order valence-electron chi connectivity index (χ1n) is 8.09. The summed E-state index contributed by atoms with van der Waals surface area (Å²) in [5.41, 5.74) is 1.35. The Balaban J connectivity index is 1.96. The number of carbonyl (C=O) groups is 1. The zero-order valence-electron chi connectivity index (χ0n) is 14.1. The molecular weight excluding hydrogens is 347 g/mol. The molecule has 1 aliphatic heterocycles. The van der Waals surface area contributed by atoms with E-state index in [9.17, 15) is 4.79 Å². The van der Waals surface area contributed by atoms with Gasteiger partial charge >= 0.3 is 0 Å². The molecule has 24 heavy (non-hydrogen) atoms. The number of hydrogen-bond donors (Lipinski definition) is 2. The SMILES string of the molecule is CC(C)(C)NC(=O)Cn1c(CC2CNC2)nc2cc(Cl)c(Cl)cc21. The van der Waals surface area contributed by atoms with Crippen LogP contribution in [0.1, 0.15) is 26.6 Å². The van der Waals surface area contributed by atoms with Crippen molar-refractivity contribution in [1.29, 1.82) is 0 Å². The van der Waals surface area contributed by atoms with Gasteiger partial charge in [0.1, 0.15) is 12.4 Å². The summed E-state index contributed by atoms with van der Waals surface area (Å²) in [4.78, 5) is 17.1. The zero-order valence-corrected chi connectivity index (χ0v) is 15.6. The van der Waals surface area contributed by atoms with Crippen molar-refractivity contribution < 1.29 is 4.79 Å². The molecule has 7 heteroatoms. The van der Waals surface area contributed by atoms with E-state index in [1.54, 1.807) is 12.1 Å². The predicted molar refractivity (Wildman–Crippen MR) is 97.7 cm³/mol. The van der Waals surface area contributed by atoms with Gasteiger partial charge in [0.2, 0.25) is 5.91 Å². The van der Waals surface area contributed by atoms with E-state index in [0.717, 1.165) is 36.4 Å². The molecule has 1 aliphatic rings. The first-order valence-corrected chi connectivity index (χ1v) is 8.84. The zero-order chi connectivity index (χ0) is 17.5. The Kier molecular flexibility index (Phi) is 4.78. The van der Waals surface area contributed by atoms with Gasteiger partial charge in [0.15, 0.2) is 0 Å². The number of hydrogen-bond acceptors (Lipinski definition) is 3. The Morgan fingerprint density at radius 3 is 2.58 bits per heavy atom. The second-order valence-corrected chi connectivity index (χ2v) is 8.21. The Morgan fingerprint density at radius 1 is 1.33 bits per heavy atom. The van der Waals surface area contributed by atoms with Crippen LogP contribution in [0.15, 0.2) is 12.1 Å². The molecule has 5 nitrogen and oxygen atoms in total. The first kappa shape index (κ1) is 17.5. The standard InChI is InChI=1S/C17H22Cl2N4O/c1-17(2,3)22-16(24)9-23-14-6-12(19)11(18)5-13(14)21-15(23)4-10-7-20-8-10/h5-6,10,20H,4,7-9H2,1-3H3,(H,22,24). The largest absolute Gasteiger partial charge is 0.350 e. The molecule has 0 saturated carbocycles. The smallest absolute Gasteiger partial charge is 0.240 e. The molecule has 1 fully saturated rings. The summed E-state index contributed by atoms with van der Waals surface area (Å²) >= 11 is 12.3. The first-order chi connectivity index (χ1) is 11.2. The molecule has 2 heterocycles. The van der Waals surface area contributed by atoms with Crippen molar-refractivity contribution in [2.75, 3.05) is 13.1 Å². The second kappa shape index (κ2) is 6.54. The number of halogens is 2. The van der Waals surface area contributed by atoms with Gasteiger partial charge in [-0.2, -0.15) is 0 Å². The van der Waals surface area contributed by atoms with Gasteiger partial charge < -0.3 is 15.2 Å². The molecule has 0 bridgehead atoms. The highest BCUT2D eigenvalue weighted by Gasteiger charge is 2.23. The third kappa shape index (κ3) is 3.85. The van der Waals surface area contributed by atoms with Crippen LogP contribution in [0.4, 0.5) is 0 Å². The van der Waals surface area contributed by atoms with Crippen molar-refractivity contribution in [2.24, 2.45) is 5.92 Å². The van der Waals surface area contributed by atoms with E-state index in [2.05, 4.69) is 10.6 Å². The average Bonchev–Trinajstić information content (AvgIpc) is 2.70. The fraction of sp³-hybridized carbons (Fsp3) is 0.529. The lowest BCUT2D eigenvalue weighted by molar-refractivity contribution is -0.123. The monoisotopic (exact) mass is 368 g/mol. The molecule has 0 atom stereocenters. The number of fused-ring (bicyclic) bond motifs is 1. The van der Waals surface area contributed by atoms with Gasteiger partial charge in [0, 0.05) is 12.0 Å². The minimum atomic E-state index is -0.271. The van der Waals surface area contributed by atoms with E-state index in [1.807, 2.05) is 25.3 Å². The quantitative estimate of drug-likeness (QED) is 0.871. The van der Waals surface area contributed by atoms with E-state index >= 15 is 0 Å². The third-order valence-corrected chi connectivity index (χ3v) is 4.74. The van der Waals surface area contributed by atoms with Crippen molar-refractivity contribution in [3.8, 4) is 0 Å². The number of nitrogens with zero attached hydrogens (tertiary/aromatic N) is 2. The number of benzene rings is 1. The molecule has 0 aliphatic carbocycles. The van der Waals surface area contributed by atoms with Crippen LogP contribution in [0.3, 0.4) is 0 Å². The van der Waals surface area contributed by atoms with Crippen LogP contribution in [-0.4, -0.2) is 34.1 Å². The summed E-state index contributed by atoms with van der Waals surface area (Å²) < 4.78 is 1.96. The minimum absolute atomic E-state index is 0.0409. The molecule has 2 N–H and O–H groups in total. The average molecular weight is 369 g/mol. The van der Waals surface area contributed by atoms with E-state index in [4.69, 9.17) is 28.2 Å². The summed E-state index contributed by atoms with van der Waals surface area (Å²) in [7, 11) is 0. The van der Waals surface area contributed by atoms with E-state index in [0.29, 0.717) is 16.0 Å². The summed E-state index contributed by atoms with van der Waals surface area (Å²) in [6, 6.07) is 3.55. The normalized spacial score (nSPS) is 15.5. The van der Waals surface area contributed by atoms with Gasteiger partial charge in [-0.25, -0.2) is 4.98 Å².